The van der Waals surface area contributed by atoms with E-state index in [1.807, 2.05) is 0 Å². The smallest absolute Gasteiger partial charge is 0.178 e. The molecule has 1 N–H and O–H groups in total. The number of benzene rings is 1. The van der Waals surface area contributed by atoms with E-state index in [1.54, 1.807) is 0 Å². The number of hydrogen-bond donors (Lipinski definition) is 1. The first kappa shape index (κ1) is 11.9. The Hall–Kier alpha value is -1.13. The van der Waals surface area contributed by atoms with Gasteiger partial charge in [0.15, 0.2) is 4.77 Å². The molecule has 96 valence electrons. The normalized spacial score (nSPS) is 17.4. The quantitative estimate of drug-likeness (QED) is 0.840. The van der Waals surface area contributed by atoms with Gasteiger partial charge in [-0.15, -0.1) is 0 Å². The molecule has 1 fully saturated rings. The van der Waals surface area contributed by atoms with E-state index in [9.17, 15) is 0 Å². The van der Waals surface area contributed by atoms with Crippen molar-refractivity contribution >= 4 is 23.3 Å². The summed E-state index contributed by atoms with van der Waals surface area (Å²) in [4.78, 5) is 3.30. The van der Waals surface area contributed by atoms with E-state index in [0.29, 0.717) is 5.92 Å². The molecule has 18 heavy (non-hydrogen) atoms. The molecule has 2 heterocycles. The Morgan fingerprint density at radius 1 is 1.39 bits per heavy atom. The highest BCUT2D eigenvalue weighted by atomic mass is 32.1. The number of hydrogen-bond acceptors (Lipinski definition) is 2. The summed E-state index contributed by atoms with van der Waals surface area (Å²) < 4.78 is 8.52. The molecular weight excluding hydrogens is 244 g/mol. The molecular formula is C14H18N2OS. The standard InChI is InChI=1S/C14H18N2OS/c1-10-3-2-4-12-13(10)16(14(18)15-12)9-11-5-7-17-8-6-11/h2-4,11H,5-9H2,1H3,(H,15,18). The Labute approximate surface area is 112 Å². The van der Waals surface area contributed by atoms with Crippen LogP contribution in [0.4, 0.5) is 0 Å². The molecule has 0 amide bonds. The maximum Gasteiger partial charge on any atom is 0.178 e. The summed E-state index contributed by atoms with van der Waals surface area (Å²) in [5.41, 5.74) is 3.69. The highest BCUT2D eigenvalue weighted by Gasteiger charge is 2.16. The van der Waals surface area contributed by atoms with E-state index in [0.717, 1.165) is 42.9 Å². The zero-order chi connectivity index (χ0) is 12.5. The van der Waals surface area contributed by atoms with Crippen LogP contribution in [0.2, 0.25) is 0 Å². The molecule has 1 aliphatic rings. The fraction of sp³-hybridized carbons (Fsp3) is 0.500. The number of aromatic amines is 1. The number of imidazole rings is 1. The van der Waals surface area contributed by atoms with Crippen molar-refractivity contribution in [3.63, 3.8) is 0 Å². The summed E-state index contributed by atoms with van der Waals surface area (Å²) in [5.74, 6) is 0.684. The van der Waals surface area contributed by atoms with E-state index in [4.69, 9.17) is 17.0 Å². The molecule has 0 radical (unpaired) electrons. The van der Waals surface area contributed by atoms with Gasteiger partial charge in [0.25, 0.3) is 0 Å². The predicted octanol–water partition coefficient (Wildman–Crippen LogP) is 3.43. The molecule has 0 bridgehead atoms. The van der Waals surface area contributed by atoms with Crippen molar-refractivity contribution in [2.45, 2.75) is 26.3 Å². The molecule has 2 aromatic rings. The van der Waals surface area contributed by atoms with Gasteiger partial charge in [-0.25, -0.2) is 0 Å². The molecule has 1 saturated heterocycles. The van der Waals surface area contributed by atoms with Gasteiger partial charge in [-0.3, -0.25) is 0 Å². The highest BCUT2D eigenvalue weighted by Crippen LogP contribution is 2.23. The van der Waals surface area contributed by atoms with Crippen LogP contribution in [0.1, 0.15) is 18.4 Å². The van der Waals surface area contributed by atoms with Crippen molar-refractivity contribution in [3.05, 3.63) is 28.5 Å². The van der Waals surface area contributed by atoms with Gasteiger partial charge in [0.05, 0.1) is 11.0 Å². The maximum atomic E-state index is 5.46. The van der Waals surface area contributed by atoms with Crippen molar-refractivity contribution in [1.29, 1.82) is 0 Å². The SMILES string of the molecule is Cc1cccc2[nH]c(=S)n(CC3CCOCC3)c12. The van der Waals surface area contributed by atoms with Gasteiger partial charge in [0.1, 0.15) is 0 Å². The minimum atomic E-state index is 0.684. The number of rotatable bonds is 2. The van der Waals surface area contributed by atoms with Gasteiger partial charge >= 0.3 is 0 Å². The Morgan fingerprint density at radius 3 is 2.94 bits per heavy atom. The van der Waals surface area contributed by atoms with Crippen LogP contribution in [-0.2, 0) is 11.3 Å². The second kappa shape index (κ2) is 4.86. The molecule has 1 aliphatic heterocycles. The van der Waals surface area contributed by atoms with Gasteiger partial charge in [-0.05, 0) is 49.5 Å². The van der Waals surface area contributed by atoms with Gasteiger partial charge in [0, 0.05) is 19.8 Å². The maximum absolute atomic E-state index is 5.46. The lowest BCUT2D eigenvalue weighted by Crippen LogP contribution is -2.20. The van der Waals surface area contributed by atoms with E-state index in [-0.39, 0.29) is 0 Å². The number of para-hydroxylation sites is 1. The number of aryl methyl sites for hydroxylation is 1. The van der Waals surface area contributed by atoms with Gasteiger partial charge < -0.3 is 14.3 Å². The fourth-order valence-corrected chi connectivity index (χ4v) is 3.04. The van der Waals surface area contributed by atoms with E-state index >= 15 is 0 Å². The highest BCUT2D eigenvalue weighted by molar-refractivity contribution is 7.71. The van der Waals surface area contributed by atoms with E-state index in [1.165, 1.54) is 11.1 Å². The van der Waals surface area contributed by atoms with Crippen molar-refractivity contribution < 1.29 is 4.74 Å². The molecule has 0 atom stereocenters. The number of fused-ring (bicyclic) bond motifs is 1. The summed E-state index contributed by atoms with van der Waals surface area (Å²) in [6.07, 6.45) is 2.28. The molecule has 0 aliphatic carbocycles. The summed E-state index contributed by atoms with van der Waals surface area (Å²) >= 11 is 5.46. The number of nitrogens with one attached hydrogen (secondary N) is 1. The average Bonchev–Trinajstić information content (AvgIpc) is 2.69. The van der Waals surface area contributed by atoms with Crippen LogP contribution in [-0.4, -0.2) is 22.8 Å². The lowest BCUT2D eigenvalue weighted by Gasteiger charge is -2.22. The van der Waals surface area contributed by atoms with Crippen LogP contribution in [0.3, 0.4) is 0 Å². The third kappa shape index (κ3) is 2.10. The minimum Gasteiger partial charge on any atom is -0.381 e. The first-order valence-corrected chi connectivity index (χ1v) is 6.92. The lowest BCUT2D eigenvalue weighted by molar-refractivity contribution is 0.0615. The van der Waals surface area contributed by atoms with Crippen LogP contribution in [0.5, 0.6) is 0 Å². The number of ether oxygens (including phenoxy) is 1. The molecule has 3 nitrogen and oxygen atoms in total. The second-order valence-electron chi connectivity index (χ2n) is 5.07. The average molecular weight is 262 g/mol. The minimum absolute atomic E-state index is 0.684. The van der Waals surface area contributed by atoms with Crippen molar-refractivity contribution in [1.82, 2.24) is 9.55 Å². The van der Waals surface area contributed by atoms with Gasteiger partial charge in [0.2, 0.25) is 0 Å². The molecule has 0 saturated carbocycles. The van der Waals surface area contributed by atoms with Crippen LogP contribution in [0.25, 0.3) is 11.0 Å². The molecule has 1 aromatic heterocycles. The summed E-state index contributed by atoms with van der Waals surface area (Å²) in [5, 5.41) is 0. The summed E-state index contributed by atoms with van der Waals surface area (Å²) in [6, 6.07) is 6.31. The summed E-state index contributed by atoms with van der Waals surface area (Å²) in [7, 11) is 0. The molecule has 3 rings (SSSR count). The zero-order valence-electron chi connectivity index (χ0n) is 10.6. The van der Waals surface area contributed by atoms with E-state index in [2.05, 4.69) is 34.7 Å². The van der Waals surface area contributed by atoms with Crippen molar-refractivity contribution in [3.8, 4) is 0 Å². The fourth-order valence-electron chi connectivity index (χ4n) is 2.76. The zero-order valence-corrected chi connectivity index (χ0v) is 11.4. The first-order chi connectivity index (χ1) is 8.75. The third-order valence-electron chi connectivity index (χ3n) is 3.78. The third-order valence-corrected chi connectivity index (χ3v) is 4.10. The van der Waals surface area contributed by atoms with Crippen LogP contribution in [0.15, 0.2) is 18.2 Å². The Balaban J connectivity index is 2.00. The molecule has 0 spiro atoms. The number of H-pyrrole nitrogens is 1. The summed E-state index contributed by atoms with van der Waals surface area (Å²) in [6.45, 7) is 4.93. The molecule has 1 aromatic carbocycles. The van der Waals surface area contributed by atoms with E-state index < -0.39 is 0 Å². The van der Waals surface area contributed by atoms with Crippen molar-refractivity contribution in [2.24, 2.45) is 5.92 Å². The second-order valence-corrected chi connectivity index (χ2v) is 5.45. The molecule has 0 unspecified atom stereocenters. The number of nitrogens with zero attached hydrogens (tertiary/aromatic N) is 1. The predicted molar refractivity (Wildman–Crippen MR) is 75.4 cm³/mol. The molecule has 4 heteroatoms. The lowest BCUT2D eigenvalue weighted by atomic mass is 10.0. The van der Waals surface area contributed by atoms with Crippen LogP contribution >= 0.6 is 12.2 Å². The Morgan fingerprint density at radius 2 is 2.17 bits per heavy atom. The topological polar surface area (TPSA) is 29.9 Å². The van der Waals surface area contributed by atoms with Crippen LogP contribution in [0, 0.1) is 17.6 Å². The number of aromatic nitrogens is 2. The largest absolute Gasteiger partial charge is 0.381 e. The Kier molecular flexibility index (Phi) is 3.22. The monoisotopic (exact) mass is 262 g/mol. The van der Waals surface area contributed by atoms with Crippen molar-refractivity contribution in [2.75, 3.05) is 13.2 Å². The van der Waals surface area contributed by atoms with Crippen LogP contribution < -0.4 is 0 Å². The first-order valence-electron chi connectivity index (χ1n) is 6.51. The van der Waals surface area contributed by atoms with Gasteiger partial charge in [-0.2, -0.15) is 0 Å². The Bertz CT molecular complexity index is 608. The van der Waals surface area contributed by atoms with Gasteiger partial charge in [-0.1, -0.05) is 12.1 Å².